The fourth-order valence-corrected chi connectivity index (χ4v) is 2.72. The van der Waals surface area contributed by atoms with E-state index in [-0.39, 0.29) is 30.4 Å². The number of aliphatic hydroxyl groups is 1. The van der Waals surface area contributed by atoms with Crippen molar-refractivity contribution in [1.29, 1.82) is 0 Å². The van der Waals surface area contributed by atoms with Gasteiger partial charge in [0.15, 0.2) is 5.82 Å². The first-order valence-corrected chi connectivity index (χ1v) is 7.48. The van der Waals surface area contributed by atoms with E-state index in [1.165, 1.54) is 0 Å². The quantitative estimate of drug-likeness (QED) is 0.506. The molecule has 0 atom stereocenters. The van der Waals surface area contributed by atoms with Gasteiger partial charge < -0.3 is 14.7 Å². The van der Waals surface area contributed by atoms with Crippen LogP contribution in [-0.2, 0) is 4.74 Å². The summed E-state index contributed by atoms with van der Waals surface area (Å²) in [6.45, 7) is 2.70. The van der Waals surface area contributed by atoms with E-state index in [0.717, 1.165) is 12.1 Å². The molecule has 1 N–H and O–H groups in total. The Morgan fingerprint density at radius 2 is 2.13 bits per heavy atom. The standard InChI is InChI=1S/C15H19FN2O5/c1-2-23-15(20)12-7-11(18(21)22)8-13(16)14(12)17-5-3-10(9-19)4-6-17/h7-8,10,19H,2-6,9H2,1H3. The molecule has 1 aromatic carbocycles. The van der Waals surface area contributed by atoms with Crippen molar-refractivity contribution in [2.75, 3.05) is 31.2 Å². The van der Waals surface area contributed by atoms with Gasteiger partial charge in [0.2, 0.25) is 0 Å². The summed E-state index contributed by atoms with van der Waals surface area (Å²) in [4.78, 5) is 23.9. The Kier molecular flexibility index (Phi) is 5.49. The summed E-state index contributed by atoms with van der Waals surface area (Å²) in [6.07, 6.45) is 1.32. The van der Waals surface area contributed by atoms with Crippen molar-refractivity contribution < 1.29 is 24.0 Å². The summed E-state index contributed by atoms with van der Waals surface area (Å²) in [6, 6.07) is 1.87. The highest BCUT2D eigenvalue weighted by molar-refractivity contribution is 5.97. The number of piperidine rings is 1. The van der Waals surface area contributed by atoms with Crippen LogP contribution in [0.15, 0.2) is 12.1 Å². The lowest BCUT2D eigenvalue weighted by Crippen LogP contribution is -2.36. The molecular formula is C15H19FN2O5. The summed E-state index contributed by atoms with van der Waals surface area (Å²) in [7, 11) is 0. The summed E-state index contributed by atoms with van der Waals surface area (Å²) < 4.78 is 19.3. The van der Waals surface area contributed by atoms with Crippen molar-refractivity contribution >= 4 is 17.3 Å². The molecule has 23 heavy (non-hydrogen) atoms. The van der Waals surface area contributed by atoms with E-state index in [4.69, 9.17) is 4.74 Å². The van der Waals surface area contributed by atoms with Crippen LogP contribution in [0.3, 0.4) is 0 Å². The molecule has 0 spiro atoms. The maximum atomic E-state index is 14.4. The molecule has 0 aliphatic carbocycles. The minimum atomic E-state index is -0.815. The van der Waals surface area contributed by atoms with Gasteiger partial charge in [0.1, 0.15) is 0 Å². The number of carbonyl (C=O) groups excluding carboxylic acids is 1. The molecule has 0 aromatic heterocycles. The van der Waals surface area contributed by atoms with Crippen molar-refractivity contribution in [2.45, 2.75) is 19.8 Å². The number of nitro benzene ring substituents is 1. The number of benzene rings is 1. The van der Waals surface area contributed by atoms with Gasteiger partial charge in [-0.3, -0.25) is 10.1 Å². The molecule has 126 valence electrons. The van der Waals surface area contributed by atoms with E-state index in [9.17, 15) is 24.4 Å². The molecular weight excluding hydrogens is 307 g/mol. The Morgan fingerprint density at radius 1 is 1.48 bits per heavy atom. The van der Waals surface area contributed by atoms with Crippen LogP contribution in [0.25, 0.3) is 0 Å². The van der Waals surface area contributed by atoms with Crippen LogP contribution in [0.4, 0.5) is 15.8 Å². The van der Waals surface area contributed by atoms with Gasteiger partial charge in [-0.25, -0.2) is 9.18 Å². The molecule has 1 aliphatic heterocycles. The smallest absolute Gasteiger partial charge is 0.340 e. The fraction of sp³-hybridized carbons (Fsp3) is 0.533. The molecule has 0 bridgehead atoms. The number of ether oxygens (including phenoxy) is 1. The number of hydrogen-bond acceptors (Lipinski definition) is 6. The zero-order valence-electron chi connectivity index (χ0n) is 12.8. The van der Waals surface area contributed by atoms with Gasteiger partial charge in [-0.05, 0) is 25.7 Å². The molecule has 1 heterocycles. The second-order valence-corrected chi connectivity index (χ2v) is 5.41. The third-order valence-corrected chi connectivity index (χ3v) is 3.94. The van der Waals surface area contributed by atoms with Crippen LogP contribution in [0.5, 0.6) is 0 Å². The topological polar surface area (TPSA) is 92.9 Å². The monoisotopic (exact) mass is 326 g/mol. The second-order valence-electron chi connectivity index (χ2n) is 5.41. The van der Waals surface area contributed by atoms with E-state index in [1.807, 2.05) is 0 Å². The number of anilines is 1. The average molecular weight is 326 g/mol. The van der Waals surface area contributed by atoms with Gasteiger partial charge in [-0.2, -0.15) is 0 Å². The fourth-order valence-electron chi connectivity index (χ4n) is 2.72. The number of rotatable bonds is 5. The molecule has 1 fully saturated rings. The van der Waals surface area contributed by atoms with Crippen LogP contribution in [0.1, 0.15) is 30.1 Å². The summed E-state index contributed by atoms with van der Waals surface area (Å²) in [5, 5.41) is 20.1. The first kappa shape index (κ1) is 17.1. The molecule has 0 saturated carbocycles. The number of nitrogens with zero attached hydrogens (tertiary/aromatic N) is 2. The summed E-state index contributed by atoms with van der Waals surface area (Å²) in [5.41, 5.74) is -0.592. The average Bonchev–Trinajstić information content (AvgIpc) is 2.54. The lowest BCUT2D eigenvalue weighted by Gasteiger charge is -2.33. The minimum absolute atomic E-state index is 0.0328. The third-order valence-electron chi connectivity index (χ3n) is 3.94. The molecule has 2 rings (SSSR count). The molecule has 7 nitrogen and oxygen atoms in total. The first-order valence-electron chi connectivity index (χ1n) is 7.48. The molecule has 1 saturated heterocycles. The maximum absolute atomic E-state index is 14.4. The molecule has 0 unspecified atom stereocenters. The van der Waals surface area contributed by atoms with Crippen molar-refractivity contribution in [3.63, 3.8) is 0 Å². The van der Waals surface area contributed by atoms with Gasteiger partial charge in [0, 0.05) is 25.8 Å². The van der Waals surface area contributed by atoms with Crippen LogP contribution < -0.4 is 4.90 Å². The molecule has 1 aliphatic rings. The van der Waals surface area contributed by atoms with E-state index in [0.29, 0.717) is 25.9 Å². The van der Waals surface area contributed by atoms with Gasteiger partial charge in [-0.15, -0.1) is 0 Å². The number of aliphatic hydroxyl groups excluding tert-OH is 1. The van der Waals surface area contributed by atoms with Crippen molar-refractivity contribution in [2.24, 2.45) is 5.92 Å². The number of hydrogen-bond donors (Lipinski definition) is 1. The van der Waals surface area contributed by atoms with Gasteiger partial charge >= 0.3 is 5.97 Å². The van der Waals surface area contributed by atoms with E-state index < -0.39 is 22.4 Å². The van der Waals surface area contributed by atoms with E-state index in [1.54, 1.807) is 11.8 Å². The summed E-state index contributed by atoms with van der Waals surface area (Å²) >= 11 is 0. The zero-order valence-corrected chi connectivity index (χ0v) is 12.8. The predicted octanol–water partition coefficient (Wildman–Crippen LogP) is 2.12. The Morgan fingerprint density at radius 3 is 2.65 bits per heavy atom. The van der Waals surface area contributed by atoms with Crippen LogP contribution in [0.2, 0.25) is 0 Å². The lowest BCUT2D eigenvalue weighted by molar-refractivity contribution is -0.385. The van der Waals surface area contributed by atoms with Crippen molar-refractivity contribution in [3.8, 4) is 0 Å². The zero-order chi connectivity index (χ0) is 17.0. The number of esters is 1. The number of carbonyl (C=O) groups is 1. The predicted molar refractivity (Wildman–Crippen MR) is 81.0 cm³/mol. The van der Waals surface area contributed by atoms with E-state index >= 15 is 0 Å². The number of nitro groups is 1. The largest absolute Gasteiger partial charge is 0.462 e. The SMILES string of the molecule is CCOC(=O)c1cc([N+](=O)[O-])cc(F)c1N1CCC(CO)CC1. The third kappa shape index (κ3) is 3.76. The highest BCUT2D eigenvalue weighted by atomic mass is 19.1. The lowest BCUT2D eigenvalue weighted by atomic mass is 9.96. The van der Waals surface area contributed by atoms with Gasteiger partial charge in [-0.1, -0.05) is 0 Å². The maximum Gasteiger partial charge on any atom is 0.340 e. The molecule has 8 heteroatoms. The highest BCUT2D eigenvalue weighted by Gasteiger charge is 2.28. The van der Waals surface area contributed by atoms with Crippen molar-refractivity contribution in [1.82, 2.24) is 0 Å². The van der Waals surface area contributed by atoms with Crippen LogP contribution >= 0.6 is 0 Å². The van der Waals surface area contributed by atoms with Gasteiger partial charge in [0.25, 0.3) is 5.69 Å². The Labute approximate surface area is 132 Å². The number of non-ortho nitro benzene ring substituents is 1. The Balaban J connectivity index is 2.40. The Bertz CT molecular complexity index is 600. The second kappa shape index (κ2) is 7.36. The van der Waals surface area contributed by atoms with Gasteiger partial charge in [0.05, 0.1) is 28.8 Å². The normalized spacial score (nSPS) is 15.5. The number of halogens is 1. The van der Waals surface area contributed by atoms with Crippen LogP contribution in [0, 0.1) is 21.8 Å². The highest BCUT2D eigenvalue weighted by Crippen LogP contribution is 2.32. The Hall–Kier alpha value is -2.22. The first-order chi connectivity index (χ1) is 11.0. The summed E-state index contributed by atoms with van der Waals surface area (Å²) in [5.74, 6) is -1.45. The molecule has 1 aromatic rings. The van der Waals surface area contributed by atoms with Crippen LogP contribution in [-0.4, -0.2) is 42.3 Å². The minimum Gasteiger partial charge on any atom is -0.462 e. The van der Waals surface area contributed by atoms with Crippen molar-refractivity contribution in [3.05, 3.63) is 33.6 Å². The molecule has 0 amide bonds. The molecule has 0 radical (unpaired) electrons. The van der Waals surface area contributed by atoms with E-state index in [2.05, 4.69) is 0 Å².